The number of hydrogen-bond acceptors (Lipinski definition) is 3. The minimum atomic E-state index is -2.80. The van der Waals surface area contributed by atoms with Crippen molar-refractivity contribution in [1.29, 1.82) is 0 Å². The summed E-state index contributed by atoms with van der Waals surface area (Å²) in [5.41, 5.74) is 0. The molecule has 0 aliphatic rings. The predicted octanol–water partition coefficient (Wildman–Crippen LogP) is 0.197. The van der Waals surface area contributed by atoms with E-state index in [2.05, 4.69) is 11.9 Å². The molecule has 0 radical (unpaired) electrons. The van der Waals surface area contributed by atoms with Gasteiger partial charge in [-0.3, -0.25) is 0 Å². The normalized spacial score (nSPS) is 11.4. The highest BCUT2D eigenvalue weighted by Gasteiger charge is 2.04. The summed E-state index contributed by atoms with van der Waals surface area (Å²) in [7, 11) is -2.80. The Labute approximate surface area is 68.4 Å². The van der Waals surface area contributed by atoms with Gasteiger partial charge in [-0.25, -0.2) is 8.42 Å². The molecule has 0 spiro atoms. The molecule has 0 aromatic rings. The fourth-order valence-electron chi connectivity index (χ4n) is 0.576. The van der Waals surface area contributed by atoms with E-state index in [1.54, 1.807) is 13.0 Å². The van der Waals surface area contributed by atoms with E-state index < -0.39 is 9.84 Å². The van der Waals surface area contributed by atoms with Crippen molar-refractivity contribution < 1.29 is 8.42 Å². The van der Waals surface area contributed by atoms with Gasteiger partial charge in [0.1, 0.15) is 0 Å². The third kappa shape index (κ3) is 6.06. The van der Waals surface area contributed by atoms with Crippen LogP contribution >= 0.6 is 0 Å². The Morgan fingerprint density at radius 2 is 2.18 bits per heavy atom. The fraction of sp³-hybridized carbons (Fsp3) is 0.714. The first kappa shape index (κ1) is 10.7. The second-order valence-corrected chi connectivity index (χ2v) is 4.70. The van der Waals surface area contributed by atoms with Gasteiger partial charge in [-0.1, -0.05) is 13.0 Å². The summed E-state index contributed by atoms with van der Waals surface area (Å²) in [5.74, 6) is 0.445. The van der Waals surface area contributed by atoms with Gasteiger partial charge >= 0.3 is 0 Å². The molecule has 4 heteroatoms. The lowest BCUT2D eigenvalue weighted by Crippen LogP contribution is -2.23. The third-order valence-corrected chi connectivity index (χ3v) is 3.02. The van der Waals surface area contributed by atoms with Gasteiger partial charge in [0.15, 0.2) is 9.84 Å². The summed E-state index contributed by atoms with van der Waals surface area (Å²) < 4.78 is 21.8. The molecule has 0 aliphatic heterocycles. The molecule has 0 heterocycles. The molecule has 0 rings (SSSR count). The van der Waals surface area contributed by atoms with Crippen molar-refractivity contribution in [3.63, 3.8) is 0 Å². The molecule has 0 amide bonds. The Kier molecular flexibility index (Phi) is 5.15. The van der Waals surface area contributed by atoms with Crippen molar-refractivity contribution >= 4 is 9.84 Å². The van der Waals surface area contributed by atoms with E-state index in [4.69, 9.17) is 0 Å². The Morgan fingerprint density at radius 1 is 1.55 bits per heavy atom. The van der Waals surface area contributed by atoms with Crippen LogP contribution in [0.2, 0.25) is 0 Å². The average Bonchev–Trinajstić information content (AvgIpc) is 1.99. The number of hydrogen-bond donors (Lipinski definition) is 1. The van der Waals surface area contributed by atoms with E-state index >= 15 is 0 Å². The van der Waals surface area contributed by atoms with Crippen LogP contribution in [-0.2, 0) is 9.84 Å². The van der Waals surface area contributed by atoms with Gasteiger partial charge in [-0.15, -0.1) is 6.58 Å². The highest BCUT2D eigenvalue weighted by molar-refractivity contribution is 7.91. The Bertz CT molecular complexity index is 196. The van der Waals surface area contributed by atoms with E-state index in [0.29, 0.717) is 13.1 Å². The first-order chi connectivity index (χ1) is 5.12. The lowest BCUT2D eigenvalue weighted by Gasteiger charge is -2.00. The maximum absolute atomic E-state index is 10.9. The van der Waals surface area contributed by atoms with Crippen molar-refractivity contribution in [2.75, 3.05) is 24.6 Å². The third-order valence-electron chi connectivity index (χ3n) is 1.32. The van der Waals surface area contributed by atoms with E-state index in [1.807, 2.05) is 0 Å². The summed E-state index contributed by atoms with van der Waals surface area (Å²) in [6, 6.07) is 0. The smallest absolute Gasteiger partial charge is 0.151 e. The molecule has 0 saturated heterocycles. The van der Waals surface area contributed by atoms with Crippen molar-refractivity contribution in [2.24, 2.45) is 0 Å². The van der Waals surface area contributed by atoms with Gasteiger partial charge in [-0.05, 0) is 0 Å². The Hall–Kier alpha value is -0.350. The van der Waals surface area contributed by atoms with Gasteiger partial charge in [0.2, 0.25) is 0 Å². The second kappa shape index (κ2) is 5.32. The van der Waals surface area contributed by atoms with Crippen LogP contribution in [0.25, 0.3) is 0 Å². The van der Waals surface area contributed by atoms with Crippen LogP contribution in [-0.4, -0.2) is 33.0 Å². The Morgan fingerprint density at radius 3 is 2.64 bits per heavy atom. The quantitative estimate of drug-likeness (QED) is 0.465. The zero-order valence-corrected chi connectivity index (χ0v) is 7.65. The average molecular weight is 177 g/mol. The molecule has 0 saturated carbocycles. The largest absolute Gasteiger partial charge is 0.312 e. The van der Waals surface area contributed by atoms with E-state index in [1.165, 1.54) is 0 Å². The molecule has 11 heavy (non-hydrogen) atoms. The molecule has 0 fully saturated rings. The van der Waals surface area contributed by atoms with Crippen molar-refractivity contribution in [1.82, 2.24) is 5.32 Å². The minimum absolute atomic E-state index is 0.220. The first-order valence-electron chi connectivity index (χ1n) is 3.64. The monoisotopic (exact) mass is 177 g/mol. The van der Waals surface area contributed by atoms with Crippen LogP contribution in [0.5, 0.6) is 0 Å². The number of sulfone groups is 1. The molecular formula is C7H15NO2S. The van der Waals surface area contributed by atoms with Crippen LogP contribution < -0.4 is 5.32 Å². The second-order valence-electron chi connectivity index (χ2n) is 2.23. The topological polar surface area (TPSA) is 46.2 Å². The van der Waals surface area contributed by atoms with Gasteiger partial charge in [-0.2, -0.15) is 0 Å². The SMILES string of the molecule is C=CCNCCS(=O)(=O)CC. The summed E-state index contributed by atoms with van der Waals surface area (Å²) >= 11 is 0. The maximum Gasteiger partial charge on any atom is 0.151 e. The van der Waals surface area contributed by atoms with Gasteiger partial charge in [0.05, 0.1) is 5.75 Å². The fourth-order valence-corrected chi connectivity index (χ4v) is 1.32. The molecule has 0 unspecified atom stereocenters. The van der Waals surface area contributed by atoms with Crippen LogP contribution in [0.3, 0.4) is 0 Å². The number of nitrogens with one attached hydrogen (secondary N) is 1. The lowest BCUT2D eigenvalue weighted by molar-refractivity contribution is 0.594. The molecule has 3 nitrogen and oxygen atoms in total. The highest BCUT2D eigenvalue weighted by Crippen LogP contribution is 1.86. The Balaban J connectivity index is 3.46. The van der Waals surface area contributed by atoms with Crippen LogP contribution in [0.1, 0.15) is 6.92 Å². The first-order valence-corrected chi connectivity index (χ1v) is 5.46. The standard InChI is InChI=1S/C7H15NO2S/c1-3-5-8-6-7-11(9,10)4-2/h3,8H,1,4-7H2,2H3. The van der Waals surface area contributed by atoms with E-state index in [0.717, 1.165) is 0 Å². The molecule has 0 aliphatic carbocycles. The highest BCUT2D eigenvalue weighted by atomic mass is 32.2. The molecule has 0 aromatic heterocycles. The number of rotatable bonds is 6. The van der Waals surface area contributed by atoms with Crippen LogP contribution in [0, 0.1) is 0 Å². The molecule has 0 bridgehead atoms. The zero-order chi connectivity index (χ0) is 8.74. The van der Waals surface area contributed by atoms with Crippen molar-refractivity contribution in [2.45, 2.75) is 6.92 Å². The van der Waals surface area contributed by atoms with Gasteiger partial charge < -0.3 is 5.32 Å². The van der Waals surface area contributed by atoms with Crippen LogP contribution in [0.15, 0.2) is 12.7 Å². The predicted molar refractivity (Wildman–Crippen MR) is 47.4 cm³/mol. The molecule has 0 aromatic carbocycles. The molecule has 0 atom stereocenters. The van der Waals surface area contributed by atoms with Crippen molar-refractivity contribution in [3.8, 4) is 0 Å². The summed E-state index contributed by atoms with van der Waals surface area (Å²) in [5, 5.41) is 2.93. The molecule has 1 N–H and O–H groups in total. The maximum atomic E-state index is 10.9. The van der Waals surface area contributed by atoms with Crippen LogP contribution in [0.4, 0.5) is 0 Å². The summed E-state index contributed by atoms with van der Waals surface area (Å²) in [6.45, 7) is 6.34. The lowest BCUT2D eigenvalue weighted by atomic mass is 10.6. The summed E-state index contributed by atoms with van der Waals surface area (Å²) in [6.07, 6.45) is 1.71. The summed E-state index contributed by atoms with van der Waals surface area (Å²) in [4.78, 5) is 0. The van der Waals surface area contributed by atoms with Gasteiger partial charge in [0, 0.05) is 18.8 Å². The van der Waals surface area contributed by atoms with Gasteiger partial charge in [0.25, 0.3) is 0 Å². The van der Waals surface area contributed by atoms with E-state index in [9.17, 15) is 8.42 Å². The minimum Gasteiger partial charge on any atom is -0.312 e. The van der Waals surface area contributed by atoms with E-state index in [-0.39, 0.29) is 11.5 Å². The van der Waals surface area contributed by atoms with Crippen molar-refractivity contribution in [3.05, 3.63) is 12.7 Å². The molecular weight excluding hydrogens is 162 g/mol. The molecule has 66 valence electrons. The zero-order valence-electron chi connectivity index (χ0n) is 6.84.